The molecule has 1 amide bonds. The molecule has 0 atom stereocenters. The van der Waals surface area contributed by atoms with Crippen molar-refractivity contribution in [2.24, 2.45) is 0 Å². The second kappa shape index (κ2) is 9.44. The highest BCUT2D eigenvalue weighted by Crippen LogP contribution is 2.28. The van der Waals surface area contributed by atoms with Crippen LogP contribution in [0, 0.1) is 0 Å². The van der Waals surface area contributed by atoms with Gasteiger partial charge in [0.25, 0.3) is 0 Å². The van der Waals surface area contributed by atoms with E-state index in [-0.39, 0.29) is 0 Å². The van der Waals surface area contributed by atoms with Gasteiger partial charge in [-0.2, -0.15) is 0 Å². The number of hydrogen-bond donors (Lipinski definition) is 1. The van der Waals surface area contributed by atoms with Gasteiger partial charge in [-0.25, -0.2) is 9.78 Å². The molecule has 0 saturated carbocycles. The van der Waals surface area contributed by atoms with E-state index in [2.05, 4.69) is 10.3 Å². The van der Waals surface area contributed by atoms with E-state index in [4.69, 9.17) is 16.3 Å². The van der Waals surface area contributed by atoms with Crippen molar-refractivity contribution in [1.82, 2.24) is 10.3 Å². The Bertz CT molecular complexity index is 327. The van der Waals surface area contributed by atoms with Crippen molar-refractivity contribution >= 4 is 39.3 Å². The van der Waals surface area contributed by atoms with E-state index in [9.17, 15) is 4.79 Å². The highest BCUT2D eigenvalue weighted by Gasteiger charge is 2.00. The fourth-order valence-corrected chi connectivity index (χ4v) is 2.67. The Morgan fingerprint density at radius 2 is 2.41 bits per heavy atom. The van der Waals surface area contributed by atoms with E-state index in [0.29, 0.717) is 19.0 Å². The van der Waals surface area contributed by atoms with Crippen molar-refractivity contribution in [3.8, 4) is 0 Å². The van der Waals surface area contributed by atoms with Crippen LogP contribution in [-0.4, -0.2) is 35.9 Å². The summed E-state index contributed by atoms with van der Waals surface area (Å²) < 4.78 is 4.92. The minimum Gasteiger partial charge on any atom is -0.449 e. The maximum absolute atomic E-state index is 11.0. The Balaban J connectivity index is 1.99. The number of rotatable bonds is 7. The predicted molar refractivity (Wildman–Crippen MR) is 72.6 cm³/mol. The summed E-state index contributed by atoms with van der Waals surface area (Å²) in [5, 5.41) is 3.47. The van der Waals surface area contributed by atoms with Crippen LogP contribution >= 0.6 is 33.2 Å². The molecule has 1 heterocycles. The first kappa shape index (κ1) is 14.5. The summed E-state index contributed by atoms with van der Waals surface area (Å²) in [4.78, 5) is 15.2. The van der Waals surface area contributed by atoms with Crippen molar-refractivity contribution in [2.75, 3.05) is 24.8 Å². The van der Waals surface area contributed by atoms with Crippen LogP contribution in [0.5, 0.6) is 0 Å². The first-order chi connectivity index (χ1) is 8.33. The van der Waals surface area contributed by atoms with Gasteiger partial charge >= 0.3 is 6.09 Å². The van der Waals surface area contributed by atoms with Crippen molar-refractivity contribution in [3.63, 3.8) is 0 Å². The van der Waals surface area contributed by atoms with E-state index < -0.39 is 6.09 Å². The number of pyridine rings is 1. The molecular formula is C10H13ClN2O2S2. The van der Waals surface area contributed by atoms with Gasteiger partial charge in [0.05, 0.1) is 0 Å². The summed E-state index contributed by atoms with van der Waals surface area (Å²) in [7, 11) is 3.16. The first-order valence-electron chi connectivity index (χ1n) is 5.00. The number of carbonyl (C=O) groups excluding carboxylic acids is 1. The summed E-state index contributed by atoms with van der Waals surface area (Å²) in [6.07, 6.45) is 1.33. The molecule has 0 radical (unpaired) electrons. The minimum atomic E-state index is -0.422. The number of alkyl halides is 1. The highest BCUT2D eigenvalue weighted by atomic mass is 35.5. The fourth-order valence-electron chi connectivity index (χ4n) is 0.867. The summed E-state index contributed by atoms with van der Waals surface area (Å²) in [5.74, 6) is 1.11. The van der Waals surface area contributed by atoms with Crippen molar-refractivity contribution in [1.29, 1.82) is 0 Å². The molecule has 17 heavy (non-hydrogen) atoms. The molecule has 0 saturated heterocycles. The van der Waals surface area contributed by atoms with Gasteiger partial charge < -0.3 is 10.1 Å². The fraction of sp³-hybridized carbons (Fsp3) is 0.400. The topological polar surface area (TPSA) is 51.2 Å². The molecule has 0 aliphatic heterocycles. The van der Waals surface area contributed by atoms with E-state index in [1.165, 1.54) is 0 Å². The summed E-state index contributed by atoms with van der Waals surface area (Å²) >= 11 is 5.41. The lowest BCUT2D eigenvalue weighted by atomic mass is 10.5. The zero-order valence-corrected chi connectivity index (χ0v) is 11.5. The van der Waals surface area contributed by atoms with Crippen LogP contribution in [0.4, 0.5) is 4.79 Å². The molecule has 0 bridgehead atoms. The Kier molecular flexibility index (Phi) is 8.04. The van der Waals surface area contributed by atoms with Gasteiger partial charge in [0.1, 0.15) is 11.6 Å². The van der Waals surface area contributed by atoms with Gasteiger partial charge in [0.2, 0.25) is 0 Å². The molecule has 0 unspecified atom stereocenters. The standard InChI is InChI=1S/C10H13ClN2O2S2/c11-4-6-13-10(14)15-7-8-16-17-9-3-1-2-5-12-9/h1-3,5H,4,6-8H2,(H,13,14). The van der Waals surface area contributed by atoms with Crippen LogP contribution in [-0.2, 0) is 4.74 Å². The summed E-state index contributed by atoms with van der Waals surface area (Å²) in [5.41, 5.74) is 0. The number of ether oxygens (including phenoxy) is 1. The third-order valence-electron chi connectivity index (χ3n) is 1.55. The average Bonchev–Trinajstić information content (AvgIpc) is 2.37. The zero-order chi connectivity index (χ0) is 12.3. The van der Waals surface area contributed by atoms with E-state index >= 15 is 0 Å². The first-order valence-corrected chi connectivity index (χ1v) is 7.85. The second-order valence-corrected chi connectivity index (χ2v) is 5.64. The van der Waals surface area contributed by atoms with Gasteiger partial charge in [0, 0.05) is 24.4 Å². The van der Waals surface area contributed by atoms with E-state index in [1.54, 1.807) is 27.8 Å². The SMILES string of the molecule is O=C(NCCCl)OCCSSc1ccccn1. The lowest BCUT2D eigenvalue weighted by molar-refractivity contribution is 0.154. The summed E-state index contributed by atoms with van der Waals surface area (Å²) in [6.45, 7) is 0.800. The predicted octanol–water partition coefficient (Wildman–Crippen LogP) is 2.79. The molecule has 0 spiro atoms. The molecule has 7 heteroatoms. The summed E-state index contributed by atoms with van der Waals surface area (Å²) in [6, 6.07) is 5.75. The van der Waals surface area contributed by atoms with Gasteiger partial charge in [0.15, 0.2) is 0 Å². The third-order valence-corrected chi connectivity index (χ3v) is 3.96. The van der Waals surface area contributed by atoms with Gasteiger partial charge in [-0.05, 0) is 22.9 Å². The molecule has 0 aromatic carbocycles. The largest absolute Gasteiger partial charge is 0.449 e. The molecule has 0 aliphatic rings. The van der Waals surface area contributed by atoms with Crippen LogP contribution in [0.25, 0.3) is 0 Å². The molecule has 1 N–H and O–H groups in total. The number of nitrogens with one attached hydrogen (secondary N) is 1. The Labute approximate surface area is 113 Å². The number of amides is 1. The number of nitrogens with zero attached hydrogens (tertiary/aromatic N) is 1. The van der Waals surface area contributed by atoms with Gasteiger partial charge in [-0.15, -0.1) is 11.6 Å². The van der Waals surface area contributed by atoms with Crippen LogP contribution in [0.1, 0.15) is 0 Å². The van der Waals surface area contributed by atoms with Crippen molar-refractivity contribution in [2.45, 2.75) is 5.03 Å². The van der Waals surface area contributed by atoms with Crippen molar-refractivity contribution < 1.29 is 9.53 Å². The second-order valence-electron chi connectivity index (χ2n) is 2.82. The molecular weight excluding hydrogens is 280 g/mol. The minimum absolute atomic E-state index is 0.374. The third kappa shape index (κ3) is 7.36. The van der Waals surface area contributed by atoms with Gasteiger partial charge in [-0.3, -0.25) is 0 Å². The molecule has 1 aromatic rings. The number of hydrogen-bond acceptors (Lipinski definition) is 5. The Morgan fingerprint density at radius 1 is 1.53 bits per heavy atom. The van der Waals surface area contributed by atoms with Gasteiger partial charge in [-0.1, -0.05) is 16.9 Å². The van der Waals surface area contributed by atoms with Crippen LogP contribution in [0.2, 0.25) is 0 Å². The lowest BCUT2D eigenvalue weighted by Gasteiger charge is -2.04. The van der Waals surface area contributed by atoms with Crippen molar-refractivity contribution in [3.05, 3.63) is 24.4 Å². The lowest BCUT2D eigenvalue weighted by Crippen LogP contribution is -2.26. The zero-order valence-electron chi connectivity index (χ0n) is 9.10. The molecule has 4 nitrogen and oxygen atoms in total. The number of halogens is 1. The Morgan fingerprint density at radius 3 is 3.12 bits per heavy atom. The average molecular weight is 293 g/mol. The maximum atomic E-state index is 11.0. The molecule has 0 aliphatic carbocycles. The van der Waals surface area contributed by atoms with E-state index in [1.807, 2.05) is 18.2 Å². The smallest absolute Gasteiger partial charge is 0.407 e. The quantitative estimate of drug-likeness (QED) is 0.476. The molecule has 94 valence electrons. The molecule has 0 fully saturated rings. The number of carbonyl (C=O) groups is 1. The Hall–Kier alpha value is -0.590. The normalized spacial score (nSPS) is 9.94. The van der Waals surface area contributed by atoms with Crippen LogP contribution < -0.4 is 5.32 Å². The number of alkyl carbamates (subject to hydrolysis) is 1. The maximum Gasteiger partial charge on any atom is 0.407 e. The van der Waals surface area contributed by atoms with Crippen LogP contribution in [0.3, 0.4) is 0 Å². The van der Waals surface area contributed by atoms with E-state index in [0.717, 1.165) is 10.8 Å². The number of aromatic nitrogens is 1. The monoisotopic (exact) mass is 292 g/mol. The molecule has 1 aromatic heterocycles. The van der Waals surface area contributed by atoms with Crippen LogP contribution in [0.15, 0.2) is 29.4 Å². The molecule has 1 rings (SSSR count). The highest BCUT2D eigenvalue weighted by molar-refractivity contribution is 8.76.